The van der Waals surface area contributed by atoms with Crippen LogP contribution in [0.4, 0.5) is 4.79 Å². The number of methoxy groups -OCH3 is 1. The summed E-state index contributed by atoms with van der Waals surface area (Å²) in [5.41, 5.74) is 5.95. The molecule has 0 aromatic heterocycles. The Hall–Kier alpha value is -1.75. The number of nitrogens with one attached hydrogen (secondary N) is 2. The minimum absolute atomic E-state index is 0.0292. The quantitative estimate of drug-likeness (QED) is 0.823. The topological polar surface area (TPSA) is 59.6 Å². The van der Waals surface area contributed by atoms with E-state index in [1.165, 1.54) is 0 Å². The highest BCUT2D eigenvalue weighted by Crippen LogP contribution is 2.16. The maximum Gasteiger partial charge on any atom is 0.422 e. The zero-order valence-electron chi connectivity index (χ0n) is 12.1. The lowest BCUT2D eigenvalue weighted by atomic mass is 10.1. The van der Waals surface area contributed by atoms with Gasteiger partial charge >= 0.3 is 6.09 Å². The van der Waals surface area contributed by atoms with E-state index in [1.807, 2.05) is 52.0 Å². The van der Waals surface area contributed by atoms with Crippen LogP contribution in [-0.2, 0) is 4.74 Å². The first-order chi connectivity index (χ1) is 8.81. The van der Waals surface area contributed by atoms with Crippen molar-refractivity contribution in [3.05, 3.63) is 29.8 Å². The molecule has 1 atom stereocenters. The van der Waals surface area contributed by atoms with Crippen LogP contribution in [0.3, 0.4) is 0 Å². The van der Waals surface area contributed by atoms with Crippen molar-refractivity contribution < 1.29 is 14.3 Å². The van der Waals surface area contributed by atoms with Crippen LogP contribution in [0.25, 0.3) is 0 Å². The Balaban J connectivity index is 2.46. The van der Waals surface area contributed by atoms with E-state index in [1.54, 1.807) is 7.11 Å². The van der Waals surface area contributed by atoms with Crippen molar-refractivity contribution in [2.45, 2.75) is 39.3 Å². The van der Waals surface area contributed by atoms with Gasteiger partial charge in [0.1, 0.15) is 11.4 Å². The Kier molecular flexibility index (Phi) is 5.18. The molecular weight excluding hydrogens is 244 g/mol. The van der Waals surface area contributed by atoms with E-state index in [9.17, 15) is 4.79 Å². The molecule has 0 fully saturated rings. The van der Waals surface area contributed by atoms with Gasteiger partial charge in [-0.25, -0.2) is 10.2 Å². The number of carbonyl (C=O) groups is 1. The highest BCUT2D eigenvalue weighted by atomic mass is 16.6. The summed E-state index contributed by atoms with van der Waals surface area (Å²) >= 11 is 0. The molecule has 0 bridgehead atoms. The average molecular weight is 266 g/mol. The molecule has 0 aliphatic carbocycles. The van der Waals surface area contributed by atoms with E-state index in [2.05, 4.69) is 10.9 Å². The van der Waals surface area contributed by atoms with Crippen LogP contribution in [-0.4, -0.2) is 18.8 Å². The largest absolute Gasteiger partial charge is 0.497 e. The van der Waals surface area contributed by atoms with Crippen molar-refractivity contribution >= 4 is 6.09 Å². The van der Waals surface area contributed by atoms with Crippen LogP contribution < -0.4 is 15.6 Å². The molecule has 0 unspecified atom stereocenters. The van der Waals surface area contributed by atoms with E-state index < -0.39 is 11.7 Å². The number of amides is 1. The van der Waals surface area contributed by atoms with Crippen molar-refractivity contribution in [1.29, 1.82) is 0 Å². The molecule has 1 amide bonds. The maximum atomic E-state index is 11.5. The molecule has 0 saturated carbocycles. The summed E-state index contributed by atoms with van der Waals surface area (Å²) in [5.74, 6) is 0.802. The molecule has 0 radical (unpaired) electrons. The summed E-state index contributed by atoms with van der Waals surface area (Å²) < 4.78 is 10.2. The Bertz CT molecular complexity index is 410. The molecule has 2 N–H and O–H groups in total. The van der Waals surface area contributed by atoms with Crippen LogP contribution in [0.15, 0.2) is 24.3 Å². The lowest BCUT2D eigenvalue weighted by Crippen LogP contribution is -2.42. The molecule has 19 heavy (non-hydrogen) atoms. The summed E-state index contributed by atoms with van der Waals surface area (Å²) in [5, 5.41) is 0. The number of rotatable bonds is 4. The highest BCUT2D eigenvalue weighted by molar-refractivity contribution is 5.67. The van der Waals surface area contributed by atoms with Gasteiger partial charge in [-0.1, -0.05) is 12.1 Å². The van der Waals surface area contributed by atoms with Crippen molar-refractivity contribution in [1.82, 2.24) is 10.9 Å². The fourth-order valence-corrected chi connectivity index (χ4v) is 1.45. The monoisotopic (exact) mass is 266 g/mol. The number of benzene rings is 1. The minimum atomic E-state index is -0.505. The van der Waals surface area contributed by atoms with Gasteiger partial charge in [0.2, 0.25) is 0 Å². The average Bonchev–Trinajstić information content (AvgIpc) is 2.34. The predicted octanol–water partition coefficient (Wildman–Crippen LogP) is 2.79. The van der Waals surface area contributed by atoms with Gasteiger partial charge in [-0.15, -0.1) is 0 Å². The third kappa shape index (κ3) is 5.61. The smallest absolute Gasteiger partial charge is 0.422 e. The van der Waals surface area contributed by atoms with Crippen molar-refractivity contribution in [2.24, 2.45) is 0 Å². The summed E-state index contributed by atoms with van der Waals surface area (Å²) in [6.45, 7) is 7.40. The van der Waals surface area contributed by atoms with Crippen LogP contribution in [0, 0.1) is 0 Å². The molecule has 0 aliphatic heterocycles. The second kappa shape index (κ2) is 6.43. The van der Waals surface area contributed by atoms with Gasteiger partial charge in [0.05, 0.1) is 7.11 Å². The standard InChI is InChI=1S/C14H22N2O3/c1-10(11-6-8-12(18-5)9-7-11)15-16-13(17)19-14(2,3)4/h6-10,15H,1-5H3,(H,16,17)/t10-/m0/s1. The molecule has 5 nitrogen and oxygen atoms in total. The summed E-state index contributed by atoms with van der Waals surface area (Å²) in [4.78, 5) is 11.5. The Morgan fingerprint density at radius 2 is 1.79 bits per heavy atom. The van der Waals surface area contributed by atoms with Crippen LogP contribution in [0.1, 0.15) is 39.3 Å². The lowest BCUT2D eigenvalue weighted by Gasteiger charge is -2.21. The first-order valence-electron chi connectivity index (χ1n) is 6.20. The Morgan fingerprint density at radius 1 is 1.21 bits per heavy atom. The van der Waals surface area contributed by atoms with Crippen LogP contribution in [0.5, 0.6) is 5.75 Å². The zero-order chi connectivity index (χ0) is 14.5. The van der Waals surface area contributed by atoms with Crippen molar-refractivity contribution in [3.8, 4) is 5.75 Å². The van der Waals surface area contributed by atoms with Crippen LogP contribution >= 0.6 is 0 Å². The van der Waals surface area contributed by atoms with Gasteiger partial charge in [0.15, 0.2) is 0 Å². The number of hydrogen-bond acceptors (Lipinski definition) is 4. The minimum Gasteiger partial charge on any atom is -0.497 e. The van der Waals surface area contributed by atoms with Gasteiger partial charge in [0.25, 0.3) is 0 Å². The van der Waals surface area contributed by atoms with Crippen molar-refractivity contribution in [3.63, 3.8) is 0 Å². The molecule has 0 aliphatic rings. The molecule has 1 aromatic carbocycles. The van der Waals surface area contributed by atoms with Gasteiger partial charge in [-0.3, -0.25) is 5.43 Å². The number of hydrogen-bond donors (Lipinski definition) is 2. The predicted molar refractivity (Wildman–Crippen MR) is 73.9 cm³/mol. The third-order valence-electron chi connectivity index (χ3n) is 2.41. The molecule has 1 aromatic rings. The van der Waals surface area contributed by atoms with Gasteiger partial charge in [-0.2, -0.15) is 0 Å². The van der Waals surface area contributed by atoms with Gasteiger partial charge in [-0.05, 0) is 45.4 Å². The molecule has 0 heterocycles. The van der Waals surface area contributed by atoms with E-state index in [4.69, 9.17) is 9.47 Å². The molecule has 106 valence electrons. The van der Waals surface area contributed by atoms with E-state index in [0.717, 1.165) is 11.3 Å². The summed E-state index contributed by atoms with van der Waals surface area (Å²) in [7, 11) is 1.63. The number of hydrazine groups is 1. The van der Waals surface area contributed by atoms with Crippen molar-refractivity contribution in [2.75, 3.05) is 7.11 Å². The second-order valence-corrected chi connectivity index (χ2v) is 5.27. The van der Waals surface area contributed by atoms with E-state index in [0.29, 0.717) is 0 Å². The van der Waals surface area contributed by atoms with Gasteiger partial charge in [0, 0.05) is 6.04 Å². The fraction of sp³-hybridized carbons (Fsp3) is 0.500. The SMILES string of the molecule is COc1ccc([C@H](C)NNC(=O)OC(C)(C)C)cc1. The summed E-state index contributed by atoms with van der Waals surface area (Å²) in [6, 6.07) is 7.60. The molecule has 0 saturated heterocycles. The molecule has 0 spiro atoms. The third-order valence-corrected chi connectivity index (χ3v) is 2.41. The molecule has 1 rings (SSSR count). The zero-order valence-corrected chi connectivity index (χ0v) is 12.1. The Labute approximate surface area is 114 Å². The molecule has 5 heteroatoms. The van der Waals surface area contributed by atoms with E-state index in [-0.39, 0.29) is 6.04 Å². The molecular formula is C14H22N2O3. The highest BCUT2D eigenvalue weighted by Gasteiger charge is 2.16. The van der Waals surface area contributed by atoms with Crippen LogP contribution in [0.2, 0.25) is 0 Å². The first-order valence-corrected chi connectivity index (χ1v) is 6.20. The Morgan fingerprint density at radius 3 is 2.26 bits per heavy atom. The normalized spacial score (nSPS) is 12.7. The maximum absolute atomic E-state index is 11.5. The van der Waals surface area contributed by atoms with E-state index >= 15 is 0 Å². The van der Waals surface area contributed by atoms with Gasteiger partial charge < -0.3 is 9.47 Å². The second-order valence-electron chi connectivity index (χ2n) is 5.27. The number of ether oxygens (including phenoxy) is 2. The number of carbonyl (C=O) groups excluding carboxylic acids is 1. The fourth-order valence-electron chi connectivity index (χ4n) is 1.45. The first kappa shape index (κ1) is 15.3. The lowest BCUT2D eigenvalue weighted by molar-refractivity contribution is 0.0489. The summed E-state index contributed by atoms with van der Waals surface area (Å²) in [6.07, 6.45) is -0.493.